The van der Waals surface area contributed by atoms with Crippen LogP contribution in [-0.4, -0.2) is 37.1 Å². The predicted octanol–water partition coefficient (Wildman–Crippen LogP) is -1.54. The summed E-state index contributed by atoms with van der Waals surface area (Å²) in [5.74, 6) is 0.761. The van der Waals surface area contributed by atoms with Gasteiger partial charge in [-0.3, -0.25) is 4.68 Å². The Bertz CT molecular complexity index is 478. The third-order valence-electron chi connectivity index (χ3n) is 1.94. The molecule has 0 spiro atoms. The van der Waals surface area contributed by atoms with Gasteiger partial charge in [-0.15, -0.1) is 0 Å². The van der Waals surface area contributed by atoms with Crippen molar-refractivity contribution in [3.63, 3.8) is 0 Å². The molecule has 8 heteroatoms. The van der Waals surface area contributed by atoms with Crippen LogP contribution in [0.3, 0.4) is 0 Å². The number of aromatic nitrogens is 4. The van der Waals surface area contributed by atoms with Gasteiger partial charge in [0.05, 0.1) is 5.59 Å². The maximum atomic E-state index is 9.00. The first kappa shape index (κ1) is 9.87. The zero-order chi connectivity index (χ0) is 11.0. The second kappa shape index (κ2) is 3.48. The molecule has 0 fully saturated rings. The molecule has 2 heterocycles. The molecule has 15 heavy (non-hydrogen) atoms. The maximum absolute atomic E-state index is 9.00. The first-order chi connectivity index (χ1) is 7.08. The SMILES string of the molecule is Cc1nc(-c2cc(B(O)O)n(C)n2)no1. The van der Waals surface area contributed by atoms with Gasteiger partial charge < -0.3 is 14.6 Å². The summed E-state index contributed by atoms with van der Waals surface area (Å²) >= 11 is 0. The minimum absolute atomic E-state index is 0.271. The van der Waals surface area contributed by atoms with Crippen molar-refractivity contribution in [2.75, 3.05) is 0 Å². The molecular weight excluding hydrogens is 199 g/mol. The molecule has 0 saturated carbocycles. The van der Waals surface area contributed by atoms with Crippen LogP contribution < -0.4 is 5.59 Å². The lowest BCUT2D eigenvalue weighted by molar-refractivity contribution is 0.394. The Balaban J connectivity index is 2.42. The fraction of sp³-hybridized carbons (Fsp3) is 0.286. The highest BCUT2D eigenvalue weighted by molar-refractivity contribution is 6.57. The molecule has 0 amide bonds. The third-order valence-corrected chi connectivity index (χ3v) is 1.94. The molecule has 0 aliphatic heterocycles. The highest BCUT2D eigenvalue weighted by atomic mass is 16.5. The zero-order valence-corrected chi connectivity index (χ0v) is 8.25. The first-order valence-corrected chi connectivity index (χ1v) is 4.28. The van der Waals surface area contributed by atoms with Crippen molar-refractivity contribution in [3.05, 3.63) is 12.0 Å². The van der Waals surface area contributed by atoms with Crippen LogP contribution in [0.2, 0.25) is 0 Å². The van der Waals surface area contributed by atoms with E-state index in [9.17, 15) is 0 Å². The molecule has 0 aromatic carbocycles. The Hall–Kier alpha value is -1.67. The zero-order valence-electron chi connectivity index (χ0n) is 8.25. The second-order valence-corrected chi connectivity index (χ2v) is 3.09. The van der Waals surface area contributed by atoms with Crippen molar-refractivity contribution in [1.82, 2.24) is 19.9 Å². The molecule has 0 atom stereocenters. The minimum Gasteiger partial charge on any atom is -0.422 e. The molecule has 2 aromatic rings. The molecule has 2 aromatic heterocycles. The van der Waals surface area contributed by atoms with Crippen LogP contribution in [0.1, 0.15) is 5.89 Å². The summed E-state index contributed by atoms with van der Waals surface area (Å²) in [6.07, 6.45) is 0. The van der Waals surface area contributed by atoms with Crippen LogP contribution in [0.4, 0.5) is 0 Å². The maximum Gasteiger partial charge on any atom is 0.507 e. The molecule has 7 nitrogen and oxygen atoms in total. The summed E-state index contributed by atoms with van der Waals surface area (Å²) in [5.41, 5.74) is 0.713. The summed E-state index contributed by atoms with van der Waals surface area (Å²) in [7, 11) is 0.0369. The van der Waals surface area contributed by atoms with Crippen molar-refractivity contribution in [1.29, 1.82) is 0 Å². The Morgan fingerprint density at radius 1 is 1.47 bits per heavy atom. The van der Waals surface area contributed by atoms with Gasteiger partial charge in [-0.05, 0) is 6.07 Å². The van der Waals surface area contributed by atoms with Crippen LogP contribution in [0, 0.1) is 6.92 Å². The molecule has 0 aliphatic carbocycles. The van der Waals surface area contributed by atoms with Crippen LogP contribution in [0.15, 0.2) is 10.6 Å². The summed E-state index contributed by atoms with van der Waals surface area (Å²) in [5, 5.41) is 25.7. The monoisotopic (exact) mass is 208 g/mol. The molecule has 2 rings (SSSR count). The van der Waals surface area contributed by atoms with Crippen LogP contribution in [-0.2, 0) is 7.05 Å². The van der Waals surface area contributed by atoms with Gasteiger partial charge in [0.15, 0.2) is 0 Å². The van der Waals surface area contributed by atoms with Gasteiger partial charge in [-0.25, -0.2) is 0 Å². The lowest BCUT2D eigenvalue weighted by Crippen LogP contribution is -2.35. The first-order valence-electron chi connectivity index (χ1n) is 4.28. The Morgan fingerprint density at radius 2 is 2.20 bits per heavy atom. The van der Waals surface area contributed by atoms with E-state index in [1.807, 2.05) is 0 Å². The van der Waals surface area contributed by atoms with E-state index in [1.54, 1.807) is 14.0 Å². The highest BCUT2D eigenvalue weighted by Crippen LogP contribution is 2.10. The number of nitrogens with zero attached hydrogens (tertiary/aromatic N) is 4. The van der Waals surface area contributed by atoms with Gasteiger partial charge in [0.2, 0.25) is 11.7 Å². The lowest BCUT2D eigenvalue weighted by atomic mass is 9.86. The van der Waals surface area contributed by atoms with Crippen molar-refractivity contribution < 1.29 is 14.6 Å². The van der Waals surface area contributed by atoms with E-state index < -0.39 is 7.12 Å². The second-order valence-electron chi connectivity index (χ2n) is 3.09. The van der Waals surface area contributed by atoms with Crippen LogP contribution in [0.25, 0.3) is 11.5 Å². The van der Waals surface area contributed by atoms with Crippen molar-refractivity contribution in [2.45, 2.75) is 6.92 Å². The van der Waals surface area contributed by atoms with E-state index in [0.717, 1.165) is 0 Å². The Kier molecular flexibility index (Phi) is 2.29. The van der Waals surface area contributed by atoms with Crippen molar-refractivity contribution in [3.8, 4) is 11.5 Å². The fourth-order valence-corrected chi connectivity index (χ4v) is 1.24. The molecular formula is C7H9BN4O3. The summed E-state index contributed by atoms with van der Waals surface area (Å²) in [6.45, 7) is 1.67. The molecule has 0 radical (unpaired) electrons. The van der Waals surface area contributed by atoms with E-state index in [2.05, 4.69) is 15.2 Å². The van der Waals surface area contributed by atoms with E-state index in [0.29, 0.717) is 17.4 Å². The van der Waals surface area contributed by atoms with Gasteiger partial charge in [0.1, 0.15) is 5.69 Å². The number of hydrogen-bond donors (Lipinski definition) is 2. The number of rotatable bonds is 2. The summed E-state index contributed by atoms with van der Waals surface area (Å²) in [6, 6.07) is 1.50. The topological polar surface area (TPSA) is 97.2 Å². The third kappa shape index (κ3) is 1.76. The van der Waals surface area contributed by atoms with E-state index >= 15 is 0 Å². The van der Waals surface area contributed by atoms with Gasteiger partial charge in [0, 0.05) is 14.0 Å². The highest BCUT2D eigenvalue weighted by Gasteiger charge is 2.20. The van der Waals surface area contributed by atoms with Crippen molar-refractivity contribution in [2.24, 2.45) is 7.05 Å². The average molecular weight is 208 g/mol. The molecule has 78 valence electrons. The van der Waals surface area contributed by atoms with E-state index in [-0.39, 0.29) is 5.59 Å². The fourth-order valence-electron chi connectivity index (χ4n) is 1.24. The predicted molar refractivity (Wildman–Crippen MR) is 51.1 cm³/mol. The smallest absolute Gasteiger partial charge is 0.422 e. The number of hydrogen-bond acceptors (Lipinski definition) is 6. The van der Waals surface area contributed by atoms with Gasteiger partial charge in [-0.2, -0.15) is 10.1 Å². The standard InChI is InChI=1S/C7H9BN4O3/c1-4-9-7(11-15-4)5-3-6(8(13)14)12(2)10-5/h3,13-14H,1-2H3. The molecule has 2 N–H and O–H groups in total. The molecule has 0 unspecified atom stereocenters. The quantitative estimate of drug-likeness (QED) is 0.580. The number of aryl methyl sites for hydroxylation is 2. The van der Waals surface area contributed by atoms with Crippen LogP contribution in [0.5, 0.6) is 0 Å². The normalized spacial score (nSPS) is 10.7. The average Bonchev–Trinajstić information content (AvgIpc) is 2.71. The van der Waals surface area contributed by atoms with E-state index in [1.165, 1.54) is 10.7 Å². The molecule has 0 aliphatic rings. The van der Waals surface area contributed by atoms with Crippen molar-refractivity contribution >= 4 is 12.7 Å². The Morgan fingerprint density at radius 3 is 2.67 bits per heavy atom. The molecule has 0 saturated heterocycles. The minimum atomic E-state index is -1.57. The Labute approximate surface area is 85.5 Å². The van der Waals surface area contributed by atoms with E-state index in [4.69, 9.17) is 14.6 Å². The van der Waals surface area contributed by atoms with Crippen LogP contribution >= 0.6 is 0 Å². The largest absolute Gasteiger partial charge is 0.507 e. The van der Waals surface area contributed by atoms with Gasteiger partial charge in [-0.1, -0.05) is 5.16 Å². The van der Waals surface area contributed by atoms with Gasteiger partial charge in [0.25, 0.3) is 0 Å². The summed E-state index contributed by atoms with van der Waals surface area (Å²) in [4.78, 5) is 3.98. The summed E-state index contributed by atoms with van der Waals surface area (Å²) < 4.78 is 6.15. The lowest BCUT2D eigenvalue weighted by Gasteiger charge is -1.96. The molecule has 0 bridgehead atoms. The van der Waals surface area contributed by atoms with Gasteiger partial charge >= 0.3 is 7.12 Å².